The predicted molar refractivity (Wildman–Crippen MR) is 54.8 cm³/mol. The van der Waals surface area contributed by atoms with Crippen LogP contribution in [0.15, 0.2) is 16.7 Å². The molecule has 0 aliphatic carbocycles. The number of pyridine rings is 1. The van der Waals surface area contributed by atoms with Crippen LogP contribution in [-0.2, 0) is 0 Å². The van der Waals surface area contributed by atoms with E-state index in [1.807, 2.05) is 13.0 Å². The van der Waals surface area contributed by atoms with Crippen LogP contribution in [0, 0.1) is 13.8 Å². The second kappa shape index (κ2) is 3.66. The smallest absolute Gasteiger partial charge is 0.223 e. The summed E-state index contributed by atoms with van der Waals surface area (Å²) in [5.74, 6) is 6.94. The van der Waals surface area contributed by atoms with Crippen LogP contribution in [0.1, 0.15) is 11.6 Å². The lowest BCUT2D eigenvalue weighted by Gasteiger charge is -2.02. The van der Waals surface area contributed by atoms with Crippen molar-refractivity contribution in [1.29, 1.82) is 0 Å². The highest BCUT2D eigenvalue weighted by atomic mass is 16.5. The standard InChI is InChI=1S/C9H11N5O/c1-5-3-7(4-8(11-5)13-10)9-12-6(2)15-14-9/h3-4H,10H2,1-2H3,(H,11,13). The minimum absolute atomic E-state index is 0.529. The van der Waals surface area contributed by atoms with Gasteiger partial charge in [-0.15, -0.1) is 0 Å². The van der Waals surface area contributed by atoms with Gasteiger partial charge in [0.2, 0.25) is 11.7 Å². The number of nitrogen functional groups attached to an aromatic ring is 1. The predicted octanol–water partition coefficient (Wildman–Crippen LogP) is 1.03. The third-order valence-electron chi connectivity index (χ3n) is 1.89. The van der Waals surface area contributed by atoms with Crippen molar-refractivity contribution in [2.45, 2.75) is 13.8 Å². The van der Waals surface area contributed by atoms with Crippen molar-refractivity contribution < 1.29 is 4.52 Å². The second-order valence-electron chi connectivity index (χ2n) is 3.16. The Morgan fingerprint density at radius 3 is 2.67 bits per heavy atom. The molecule has 78 valence electrons. The molecule has 0 saturated heterocycles. The average molecular weight is 205 g/mol. The number of anilines is 1. The topological polar surface area (TPSA) is 89.9 Å². The van der Waals surface area contributed by atoms with Gasteiger partial charge >= 0.3 is 0 Å². The molecule has 15 heavy (non-hydrogen) atoms. The molecule has 0 aliphatic rings. The molecule has 6 heteroatoms. The Balaban J connectivity index is 2.48. The van der Waals surface area contributed by atoms with E-state index in [1.165, 1.54) is 0 Å². The Morgan fingerprint density at radius 2 is 2.07 bits per heavy atom. The van der Waals surface area contributed by atoms with Crippen LogP contribution in [0.5, 0.6) is 0 Å². The van der Waals surface area contributed by atoms with Crippen molar-refractivity contribution in [2.24, 2.45) is 5.84 Å². The van der Waals surface area contributed by atoms with Gasteiger partial charge in [-0.1, -0.05) is 5.16 Å². The molecule has 0 fully saturated rings. The summed E-state index contributed by atoms with van der Waals surface area (Å²) in [5, 5.41) is 3.82. The van der Waals surface area contributed by atoms with Crippen LogP contribution in [0.25, 0.3) is 11.4 Å². The number of aromatic nitrogens is 3. The Morgan fingerprint density at radius 1 is 1.27 bits per heavy atom. The van der Waals surface area contributed by atoms with Crippen LogP contribution in [-0.4, -0.2) is 15.1 Å². The summed E-state index contributed by atoms with van der Waals surface area (Å²) in [6, 6.07) is 3.63. The molecule has 0 bridgehead atoms. The molecule has 0 amide bonds. The monoisotopic (exact) mass is 205 g/mol. The average Bonchev–Trinajstić information content (AvgIpc) is 2.64. The number of nitrogens with zero attached hydrogens (tertiary/aromatic N) is 3. The van der Waals surface area contributed by atoms with Crippen molar-refractivity contribution in [3.63, 3.8) is 0 Å². The number of nitrogens with two attached hydrogens (primary N) is 1. The molecule has 2 rings (SSSR count). The van der Waals surface area contributed by atoms with E-state index in [1.54, 1.807) is 13.0 Å². The molecular weight excluding hydrogens is 194 g/mol. The number of hydrogen-bond acceptors (Lipinski definition) is 6. The summed E-state index contributed by atoms with van der Waals surface area (Å²) < 4.78 is 4.90. The van der Waals surface area contributed by atoms with Gasteiger partial charge in [0.25, 0.3) is 0 Å². The van der Waals surface area contributed by atoms with Crippen molar-refractivity contribution >= 4 is 5.82 Å². The summed E-state index contributed by atoms with van der Waals surface area (Å²) in [7, 11) is 0. The highest BCUT2D eigenvalue weighted by Crippen LogP contribution is 2.19. The molecule has 0 radical (unpaired) electrons. The van der Waals surface area contributed by atoms with E-state index in [0.717, 1.165) is 11.3 Å². The first-order valence-electron chi connectivity index (χ1n) is 4.45. The van der Waals surface area contributed by atoms with Crippen LogP contribution < -0.4 is 11.3 Å². The quantitative estimate of drug-likeness (QED) is 0.562. The second-order valence-corrected chi connectivity index (χ2v) is 3.16. The fourth-order valence-corrected chi connectivity index (χ4v) is 1.29. The summed E-state index contributed by atoms with van der Waals surface area (Å²) >= 11 is 0. The molecule has 3 N–H and O–H groups in total. The van der Waals surface area contributed by atoms with E-state index in [4.69, 9.17) is 10.4 Å². The molecule has 0 saturated carbocycles. The molecule has 2 aromatic rings. The summed E-state index contributed by atoms with van der Waals surface area (Å²) in [4.78, 5) is 8.29. The third kappa shape index (κ3) is 1.94. The van der Waals surface area contributed by atoms with Crippen molar-refractivity contribution in [3.8, 4) is 11.4 Å². The summed E-state index contributed by atoms with van der Waals surface area (Å²) in [6.07, 6.45) is 0. The van der Waals surface area contributed by atoms with Gasteiger partial charge in [0.05, 0.1) is 0 Å². The van der Waals surface area contributed by atoms with E-state index in [-0.39, 0.29) is 0 Å². The molecule has 0 spiro atoms. The minimum atomic E-state index is 0.529. The lowest BCUT2D eigenvalue weighted by molar-refractivity contribution is 0.394. The zero-order valence-electron chi connectivity index (χ0n) is 8.48. The van der Waals surface area contributed by atoms with Crippen molar-refractivity contribution in [3.05, 3.63) is 23.7 Å². The molecule has 0 unspecified atom stereocenters. The van der Waals surface area contributed by atoms with Gasteiger partial charge in [0.1, 0.15) is 5.82 Å². The molecular formula is C9H11N5O. The van der Waals surface area contributed by atoms with E-state index in [0.29, 0.717) is 17.5 Å². The highest BCUT2D eigenvalue weighted by Gasteiger charge is 2.07. The first-order valence-corrected chi connectivity index (χ1v) is 4.45. The normalized spacial score (nSPS) is 10.3. The minimum Gasteiger partial charge on any atom is -0.339 e. The number of nitrogens with one attached hydrogen (secondary N) is 1. The van der Waals surface area contributed by atoms with Crippen molar-refractivity contribution in [1.82, 2.24) is 15.1 Å². The van der Waals surface area contributed by atoms with E-state index in [2.05, 4.69) is 20.6 Å². The fourth-order valence-electron chi connectivity index (χ4n) is 1.29. The maximum atomic E-state index is 5.29. The van der Waals surface area contributed by atoms with Crippen LogP contribution >= 0.6 is 0 Å². The van der Waals surface area contributed by atoms with Gasteiger partial charge in [-0.05, 0) is 19.1 Å². The molecule has 0 aromatic carbocycles. The first-order chi connectivity index (χ1) is 7.19. The number of rotatable bonds is 2. The van der Waals surface area contributed by atoms with E-state index >= 15 is 0 Å². The molecule has 2 heterocycles. The zero-order chi connectivity index (χ0) is 10.8. The number of hydrazine groups is 1. The lowest BCUT2D eigenvalue weighted by atomic mass is 10.2. The Hall–Kier alpha value is -1.95. The van der Waals surface area contributed by atoms with Gasteiger partial charge in [-0.2, -0.15) is 4.98 Å². The third-order valence-corrected chi connectivity index (χ3v) is 1.89. The number of hydrogen-bond donors (Lipinski definition) is 2. The van der Waals surface area contributed by atoms with E-state index in [9.17, 15) is 0 Å². The largest absolute Gasteiger partial charge is 0.339 e. The van der Waals surface area contributed by atoms with E-state index < -0.39 is 0 Å². The molecule has 0 atom stereocenters. The summed E-state index contributed by atoms with van der Waals surface area (Å²) in [5.41, 5.74) is 4.15. The van der Waals surface area contributed by atoms with Crippen LogP contribution in [0.3, 0.4) is 0 Å². The zero-order valence-corrected chi connectivity index (χ0v) is 8.48. The molecule has 2 aromatic heterocycles. The number of aryl methyl sites for hydroxylation is 2. The summed E-state index contributed by atoms with van der Waals surface area (Å²) in [6.45, 7) is 3.62. The molecule has 6 nitrogen and oxygen atoms in total. The molecule has 0 aliphatic heterocycles. The fraction of sp³-hybridized carbons (Fsp3) is 0.222. The van der Waals surface area contributed by atoms with Gasteiger partial charge in [-0.25, -0.2) is 10.8 Å². The highest BCUT2D eigenvalue weighted by molar-refractivity contribution is 5.59. The van der Waals surface area contributed by atoms with Gasteiger partial charge in [0, 0.05) is 18.2 Å². The Bertz CT molecular complexity index is 479. The van der Waals surface area contributed by atoms with Gasteiger partial charge in [-0.3, -0.25) is 0 Å². The van der Waals surface area contributed by atoms with Crippen LogP contribution in [0.2, 0.25) is 0 Å². The van der Waals surface area contributed by atoms with Gasteiger partial charge < -0.3 is 9.95 Å². The maximum Gasteiger partial charge on any atom is 0.223 e. The lowest BCUT2D eigenvalue weighted by Crippen LogP contribution is -2.09. The Kier molecular flexibility index (Phi) is 2.34. The SMILES string of the molecule is Cc1cc(-c2noc(C)n2)cc(NN)n1. The maximum absolute atomic E-state index is 5.29. The Labute approximate surface area is 86.5 Å². The van der Waals surface area contributed by atoms with Gasteiger partial charge in [0.15, 0.2) is 0 Å². The first kappa shape index (κ1) is 9.60. The van der Waals surface area contributed by atoms with Crippen molar-refractivity contribution in [2.75, 3.05) is 5.43 Å². The van der Waals surface area contributed by atoms with Crippen LogP contribution in [0.4, 0.5) is 5.82 Å².